The molecule has 0 unspecified atom stereocenters. The van der Waals surface area contributed by atoms with Crippen LogP contribution in [0.4, 0.5) is 5.69 Å². The van der Waals surface area contributed by atoms with E-state index >= 15 is 0 Å². The maximum Gasteiger partial charge on any atom is 0.272 e. The van der Waals surface area contributed by atoms with Crippen molar-refractivity contribution in [3.8, 4) is 0 Å². The summed E-state index contributed by atoms with van der Waals surface area (Å²) >= 11 is 3.43. The minimum Gasteiger partial charge on any atom is -0.339 e. The fourth-order valence-corrected chi connectivity index (χ4v) is 2.54. The number of carbonyl (C=O) groups excluding carboxylic acids is 1. The number of nitrogens with zero attached hydrogens (tertiary/aromatic N) is 2. The molecule has 0 aliphatic heterocycles. The first-order chi connectivity index (χ1) is 9.13. The van der Waals surface area contributed by atoms with E-state index in [4.69, 9.17) is 0 Å². The van der Waals surface area contributed by atoms with Crippen LogP contribution in [0.5, 0.6) is 0 Å². The number of anilines is 1. The van der Waals surface area contributed by atoms with E-state index in [-0.39, 0.29) is 5.91 Å². The molecule has 1 aliphatic rings. The predicted octanol–water partition coefficient (Wildman–Crippen LogP) is 3.54. The van der Waals surface area contributed by atoms with E-state index in [1.165, 1.54) is 0 Å². The second kappa shape index (κ2) is 4.81. The lowest BCUT2D eigenvalue weighted by Crippen LogP contribution is -2.16. The molecule has 4 nitrogen and oxygen atoms in total. The average molecular weight is 320 g/mol. The minimum absolute atomic E-state index is 0.0926. The van der Waals surface area contributed by atoms with Crippen LogP contribution in [-0.4, -0.2) is 15.5 Å². The third-order valence-corrected chi connectivity index (χ3v) is 3.55. The lowest BCUT2D eigenvalue weighted by Gasteiger charge is -2.08. The van der Waals surface area contributed by atoms with Gasteiger partial charge in [-0.05, 0) is 53.4 Å². The van der Waals surface area contributed by atoms with Crippen molar-refractivity contribution in [1.29, 1.82) is 0 Å². The molecule has 0 spiro atoms. The second-order valence-corrected chi connectivity index (χ2v) is 5.80. The summed E-state index contributed by atoms with van der Waals surface area (Å²) < 4.78 is 2.98. The Morgan fingerprint density at radius 2 is 2.21 bits per heavy atom. The molecule has 5 heteroatoms. The van der Waals surface area contributed by atoms with Crippen molar-refractivity contribution < 1.29 is 4.79 Å². The molecule has 1 N–H and O–H groups in total. The van der Waals surface area contributed by atoms with E-state index in [1.807, 2.05) is 29.8 Å². The number of hydrogen-bond donors (Lipinski definition) is 1. The maximum absolute atomic E-state index is 12.3. The molecule has 1 fully saturated rings. The summed E-state index contributed by atoms with van der Waals surface area (Å²) in [5.41, 5.74) is 2.44. The van der Waals surface area contributed by atoms with Crippen molar-refractivity contribution in [1.82, 2.24) is 9.55 Å². The largest absolute Gasteiger partial charge is 0.339 e. The molecule has 98 valence electrons. The van der Waals surface area contributed by atoms with Crippen LogP contribution in [0.15, 0.2) is 35.2 Å². The van der Waals surface area contributed by atoms with Crippen molar-refractivity contribution in [2.75, 3.05) is 5.32 Å². The maximum atomic E-state index is 12.3. The fraction of sp³-hybridized carbons (Fsp3) is 0.286. The van der Waals surface area contributed by atoms with Gasteiger partial charge < -0.3 is 9.88 Å². The second-order valence-electron chi connectivity index (χ2n) is 4.89. The fourth-order valence-electron chi connectivity index (χ4n) is 2.10. The molecule has 2 heterocycles. The summed E-state index contributed by atoms with van der Waals surface area (Å²) in [7, 11) is 0. The summed E-state index contributed by atoms with van der Waals surface area (Å²) in [6.45, 7) is 1.95. The van der Waals surface area contributed by atoms with Crippen molar-refractivity contribution in [2.24, 2.45) is 0 Å². The number of amides is 1. The number of halogens is 1. The molecule has 2 aromatic rings. The molecule has 0 saturated heterocycles. The lowest BCUT2D eigenvalue weighted by atomic mass is 10.3. The highest BCUT2D eigenvalue weighted by atomic mass is 79.9. The van der Waals surface area contributed by atoms with Gasteiger partial charge in [-0.1, -0.05) is 0 Å². The summed E-state index contributed by atoms with van der Waals surface area (Å²) in [4.78, 5) is 16.4. The van der Waals surface area contributed by atoms with Gasteiger partial charge >= 0.3 is 0 Å². The van der Waals surface area contributed by atoms with Gasteiger partial charge in [-0.3, -0.25) is 9.78 Å². The zero-order chi connectivity index (χ0) is 13.4. The zero-order valence-corrected chi connectivity index (χ0v) is 12.1. The van der Waals surface area contributed by atoms with Crippen LogP contribution >= 0.6 is 15.9 Å². The molecular formula is C14H14BrN3O. The SMILES string of the molecule is Cc1cncc(NC(=O)c2cc(Br)cn2C2CC2)c1. The molecular weight excluding hydrogens is 306 g/mol. The Balaban J connectivity index is 1.84. The number of aryl methyl sites for hydroxylation is 1. The van der Waals surface area contributed by atoms with Crippen LogP contribution in [0.3, 0.4) is 0 Å². The van der Waals surface area contributed by atoms with Gasteiger partial charge in [0.15, 0.2) is 0 Å². The predicted molar refractivity (Wildman–Crippen MR) is 77.3 cm³/mol. The quantitative estimate of drug-likeness (QED) is 0.940. The average Bonchev–Trinajstić information content (AvgIpc) is 3.12. The number of hydrogen-bond acceptors (Lipinski definition) is 2. The molecule has 3 rings (SSSR count). The van der Waals surface area contributed by atoms with E-state index in [9.17, 15) is 4.79 Å². The number of rotatable bonds is 3. The van der Waals surface area contributed by atoms with E-state index in [0.29, 0.717) is 11.7 Å². The molecule has 1 saturated carbocycles. The van der Waals surface area contributed by atoms with Crippen LogP contribution in [0, 0.1) is 6.92 Å². The molecule has 2 aromatic heterocycles. The third-order valence-electron chi connectivity index (χ3n) is 3.12. The number of pyridine rings is 1. The van der Waals surface area contributed by atoms with Gasteiger partial charge in [-0.25, -0.2) is 0 Å². The standard InChI is InChI=1S/C14H14BrN3O/c1-9-4-11(7-16-6-9)17-14(19)13-5-10(15)8-18(13)12-2-3-12/h4-8,12H,2-3H2,1H3,(H,17,19). The minimum atomic E-state index is -0.0926. The summed E-state index contributed by atoms with van der Waals surface area (Å²) in [6.07, 6.45) is 7.69. The zero-order valence-electron chi connectivity index (χ0n) is 10.6. The Morgan fingerprint density at radius 1 is 1.42 bits per heavy atom. The van der Waals surface area contributed by atoms with Gasteiger partial charge in [-0.2, -0.15) is 0 Å². The van der Waals surface area contributed by atoms with E-state index in [0.717, 1.165) is 28.6 Å². The first-order valence-corrected chi connectivity index (χ1v) is 7.03. The van der Waals surface area contributed by atoms with Crippen LogP contribution in [0.25, 0.3) is 0 Å². The van der Waals surface area contributed by atoms with Crippen LogP contribution in [0.1, 0.15) is 34.9 Å². The van der Waals surface area contributed by atoms with Crippen molar-refractivity contribution in [3.63, 3.8) is 0 Å². The smallest absolute Gasteiger partial charge is 0.272 e. The molecule has 0 aromatic carbocycles. The molecule has 0 bridgehead atoms. The molecule has 1 amide bonds. The van der Waals surface area contributed by atoms with Gasteiger partial charge in [0.2, 0.25) is 0 Å². The highest BCUT2D eigenvalue weighted by molar-refractivity contribution is 9.10. The van der Waals surface area contributed by atoms with E-state index < -0.39 is 0 Å². The molecule has 19 heavy (non-hydrogen) atoms. The normalized spacial score (nSPS) is 14.4. The lowest BCUT2D eigenvalue weighted by molar-refractivity contribution is 0.101. The Kier molecular flexibility index (Phi) is 3.14. The van der Waals surface area contributed by atoms with Gasteiger partial charge in [0.1, 0.15) is 5.69 Å². The molecule has 1 aliphatic carbocycles. The first kappa shape index (κ1) is 12.4. The summed E-state index contributed by atoms with van der Waals surface area (Å²) in [5.74, 6) is -0.0926. The Labute approximate surface area is 120 Å². The highest BCUT2D eigenvalue weighted by Gasteiger charge is 2.27. The van der Waals surface area contributed by atoms with Gasteiger partial charge in [0.05, 0.1) is 11.9 Å². The van der Waals surface area contributed by atoms with E-state index in [1.54, 1.807) is 12.4 Å². The number of aromatic nitrogens is 2. The number of carbonyl (C=O) groups is 1. The first-order valence-electron chi connectivity index (χ1n) is 6.24. The van der Waals surface area contributed by atoms with Crippen molar-refractivity contribution in [3.05, 3.63) is 46.5 Å². The Hall–Kier alpha value is -1.62. The van der Waals surface area contributed by atoms with Crippen molar-refractivity contribution in [2.45, 2.75) is 25.8 Å². The van der Waals surface area contributed by atoms with Crippen LogP contribution in [0.2, 0.25) is 0 Å². The Bertz CT molecular complexity index is 631. The molecule has 0 atom stereocenters. The number of nitrogens with one attached hydrogen (secondary N) is 1. The van der Waals surface area contributed by atoms with Crippen molar-refractivity contribution >= 4 is 27.5 Å². The topological polar surface area (TPSA) is 46.9 Å². The van der Waals surface area contributed by atoms with Crippen LogP contribution < -0.4 is 5.32 Å². The van der Waals surface area contributed by atoms with Gasteiger partial charge in [0, 0.05) is 22.9 Å². The molecule has 0 radical (unpaired) electrons. The third kappa shape index (κ3) is 2.71. The van der Waals surface area contributed by atoms with Gasteiger partial charge in [0.25, 0.3) is 5.91 Å². The monoisotopic (exact) mass is 319 g/mol. The van der Waals surface area contributed by atoms with Crippen LogP contribution in [-0.2, 0) is 0 Å². The Morgan fingerprint density at radius 3 is 2.89 bits per heavy atom. The highest BCUT2D eigenvalue weighted by Crippen LogP contribution is 2.37. The van der Waals surface area contributed by atoms with Gasteiger partial charge in [-0.15, -0.1) is 0 Å². The summed E-state index contributed by atoms with van der Waals surface area (Å²) in [6, 6.07) is 4.24. The van der Waals surface area contributed by atoms with E-state index in [2.05, 4.69) is 26.2 Å². The summed E-state index contributed by atoms with van der Waals surface area (Å²) in [5, 5.41) is 2.89.